The van der Waals surface area contributed by atoms with Crippen molar-refractivity contribution in [1.29, 1.82) is 0 Å². The number of rotatable bonds is 3. The van der Waals surface area contributed by atoms with Gasteiger partial charge in [0, 0.05) is 0 Å². The van der Waals surface area contributed by atoms with E-state index in [1.165, 1.54) is 6.07 Å². The fourth-order valence-electron chi connectivity index (χ4n) is 1.47. The lowest BCUT2D eigenvalue weighted by atomic mass is 10.2. The summed E-state index contributed by atoms with van der Waals surface area (Å²) in [6, 6.07) is 4.93. The maximum Gasteiger partial charge on any atom is 0.311 e. The molecule has 0 fully saturated rings. The lowest BCUT2D eigenvalue weighted by Gasteiger charge is -2.06. The molecule has 1 heterocycles. The first-order valence-corrected chi connectivity index (χ1v) is 6.15. The molecule has 0 atom stereocenters. The highest BCUT2D eigenvalue weighted by molar-refractivity contribution is 8.18. The van der Waals surface area contributed by atoms with Crippen LogP contribution in [0.4, 0.5) is 4.79 Å². The van der Waals surface area contributed by atoms with E-state index in [0.29, 0.717) is 17.3 Å². The van der Waals surface area contributed by atoms with Crippen LogP contribution in [0.2, 0.25) is 0 Å². The number of amides is 1. The van der Waals surface area contributed by atoms with Crippen molar-refractivity contribution in [3.05, 3.63) is 28.7 Å². The highest BCUT2D eigenvalue weighted by Crippen LogP contribution is 2.31. The third kappa shape index (κ3) is 2.65. The molecule has 0 bridgehead atoms. The molecule has 0 saturated carbocycles. The molecule has 1 aliphatic rings. The topological polar surface area (TPSA) is 84.9 Å². The van der Waals surface area contributed by atoms with Crippen molar-refractivity contribution in [2.45, 2.75) is 6.92 Å². The number of hydrogen-bond acceptors (Lipinski definition) is 5. The van der Waals surface area contributed by atoms with Crippen molar-refractivity contribution in [2.24, 2.45) is 10.7 Å². The van der Waals surface area contributed by atoms with Crippen molar-refractivity contribution < 1.29 is 14.6 Å². The molecule has 0 spiro atoms. The molecule has 2 rings (SSSR count). The first kappa shape index (κ1) is 12.5. The van der Waals surface area contributed by atoms with E-state index in [1.54, 1.807) is 18.2 Å². The van der Waals surface area contributed by atoms with Gasteiger partial charge in [0.15, 0.2) is 11.5 Å². The summed E-state index contributed by atoms with van der Waals surface area (Å²) < 4.78 is 5.28. The molecule has 0 saturated heterocycles. The van der Waals surface area contributed by atoms with Crippen LogP contribution in [0.3, 0.4) is 0 Å². The Bertz CT molecular complexity index is 552. The van der Waals surface area contributed by atoms with Crippen LogP contribution in [-0.4, -0.2) is 22.8 Å². The van der Waals surface area contributed by atoms with Gasteiger partial charge in [-0.2, -0.15) is 4.99 Å². The van der Waals surface area contributed by atoms with Gasteiger partial charge in [-0.25, -0.2) is 0 Å². The van der Waals surface area contributed by atoms with Crippen LogP contribution in [0.25, 0.3) is 6.08 Å². The summed E-state index contributed by atoms with van der Waals surface area (Å²) in [5, 5.41) is 9.25. The van der Waals surface area contributed by atoms with Gasteiger partial charge in [0.1, 0.15) is 5.84 Å². The minimum absolute atomic E-state index is 0.0794. The van der Waals surface area contributed by atoms with Crippen molar-refractivity contribution >= 4 is 28.9 Å². The van der Waals surface area contributed by atoms with Gasteiger partial charge in [-0.1, -0.05) is 6.07 Å². The van der Waals surface area contributed by atoms with Crippen LogP contribution in [0.15, 0.2) is 28.1 Å². The first-order valence-electron chi connectivity index (χ1n) is 5.34. The Morgan fingerprint density at radius 1 is 1.56 bits per heavy atom. The van der Waals surface area contributed by atoms with Gasteiger partial charge in [-0.15, -0.1) is 0 Å². The maximum atomic E-state index is 11.1. The summed E-state index contributed by atoms with van der Waals surface area (Å²) in [6.07, 6.45) is 1.73. The molecule has 1 aromatic carbocycles. The third-order valence-electron chi connectivity index (χ3n) is 2.24. The molecule has 3 N–H and O–H groups in total. The quantitative estimate of drug-likeness (QED) is 0.875. The predicted octanol–water partition coefficient (Wildman–Crippen LogP) is 2.36. The van der Waals surface area contributed by atoms with Gasteiger partial charge in [-0.3, -0.25) is 4.79 Å². The zero-order valence-electron chi connectivity index (χ0n) is 9.71. The van der Waals surface area contributed by atoms with Gasteiger partial charge < -0.3 is 15.6 Å². The van der Waals surface area contributed by atoms with E-state index in [1.807, 2.05) is 6.92 Å². The molecule has 0 radical (unpaired) electrons. The standard InChI is InChI=1S/C12H12N2O3S/c1-2-17-9-5-7(3-4-8(9)15)6-10-11(13)14-12(16)18-10/h3-6,15H,2H2,1H3,(H2,13,14,16)/b10-6+. The largest absolute Gasteiger partial charge is 0.504 e. The average molecular weight is 264 g/mol. The van der Waals surface area contributed by atoms with Crippen molar-refractivity contribution in [2.75, 3.05) is 6.61 Å². The fraction of sp³-hybridized carbons (Fsp3) is 0.167. The van der Waals surface area contributed by atoms with Gasteiger partial charge in [0.05, 0.1) is 11.5 Å². The Kier molecular flexibility index (Phi) is 3.57. The number of hydrogen-bond donors (Lipinski definition) is 2. The van der Waals surface area contributed by atoms with Crippen LogP contribution >= 0.6 is 11.8 Å². The Hall–Kier alpha value is -1.95. The predicted molar refractivity (Wildman–Crippen MR) is 71.9 cm³/mol. The minimum Gasteiger partial charge on any atom is -0.504 e. The average Bonchev–Trinajstić information content (AvgIpc) is 2.62. The van der Waals surface area contributed by atoms with Gasteiger partial charge in [0.2, 0.25) is 0 Å². The van der Waals surface area contributed by atoms with Gasteiger partial charge in [0.25, 0.3) is 0 Å². The Morgan fingerprint density at radius 3 is 2.94 bits per heavy atom. The van der Waals surface area contributed by atoms with Crippen LogP contribution < -0.4 is 10.5 Å². The van der Waals surface area contributed by atoms with E-state index < -0.39 is 0 Å². The zero-order valence-corrected chi connectivity index (χ0v) is 10.5. The second kappa shape index (κ2) is 5.14. The number of nitrogens with zero attached hydrogens (tertiary/aromatic N) is 1. The molecule has 5 nitrogen and oxygen atoms in total. The normalized spacial score (nSPS) is 17.1. The summed E-state index contributed by atoms with van der Waals surface area (Å²) in [7, 11) is 0. The Balaban J connectivity index is 2.30. The van der Waals surface area contributed by atoms with E-state index in [2.05, 4.69) is 4.99 Å². The van der Waals surface area contributed by atoms with Crippen LogP contribution in [-0.2, 0) is 0 Å². The fourth-order valence-corrected chi connectivity index (χ4v) is 2.15. The highest BCUT2D eigenvalue weighted by Gasteiger charge is 2.18. The number of phenolic OH excluding ortho intramolecular Hbond substituents is 1. The van der Waals surface area contributed by atoms with Gasteiger partial charge in [-0.05, 0) is 42.5 Å². The number of thioether (sulfide) groups is 1. The van der Waals surface area contributed by atoms with E-state index in [4.69, 9.17) is 10.5 Å². The summed E-state index contributed by atoms with van der Waals surface area (Å²) in [5.74, 6) is 0.698. The van der Waals surface area contributed by atoms with E-state index >= 15 is 0 Å². The number of aliphatic imine (C=N–C) groups is 1. The minimum atomic E-state index is -0.317. The number of ether oxygens (including phenoxy) is 1. The molecule has 18 heavy (non-hydrogen) atoms. The summed E-state index contributed by atoms with van der Waals surface area (Å²) in [4.78, 5) is 15.3. The van der Waals surface area contributed by atoms with Crippen molar-refractivity contribution in [3.8, 4) is 11.5 Å². The molecule has 6 heteroatoms. The second-order valence-corrected chi connectivity index (χ2v) is 4.53. The summed E-state index contributed by atoms with van der Waals surface area (Å²) in [5.41, 5.74) is 6.39. The lowest BCUT2D eigenvalue weighted by Crippen LogP contribution is -2.08. The Labute approximate surface area is 108 Å². The monoisotopic (exact) mass is 264 g/mol. The lowest BCUT2D eigenvalue weighted by molar-refractivity contribution is 0.268. The molecular weight excluding hydrogens is 252 g/mol. The van der Waals surface area contributed by atoms with Crippen LogP contribution in [0.1, 0.15) is 12.5 Å². The molecule has 1 aromatic rings. The molecule has 0 unspecified atom stereocenters. The molecule has 1 amide bonds. The molecule has 0 aromatic heterocycles. The molecule has 1 aliphatic heterocycles. The number of aromatic hydroxyl groups is 1. The number of benzene rings is 1. The summed E-state index contributed by atoms with van der Waals surface area (Å²) >= 11 is 0.982. The van der Waals surface area contributed by atoms with Crippen molar-refractivity contribution in [3.63, 3.8) is 0 Å². The van der Waals surface area contributed by atoms with E-state index in [0.717, 1.165) is 17.3 Å². The summed E-state index contributed by atoms with van der Waals surface area (Å²) in [6.45, 7) is 2.30. The number of carbonyl (C=O) groups is 1. The maximum absolute atomic E-state index is 11.1. The van der Waals surface area contributed by atoms with Crippen molar-refractivity contribution in [1.82, 2.24) is 0 Å². The Morgan fingerprint density at radius 2 is 2.33 bits per heavy atom. The molecule has 0 aliphatic carbocycles. The van der Waals surface area contributed by atoms with Crippen LogP contribution in [0, 0.1) is 0 Å². The number of carbonyl (C=O) groups excluding carboxylic acids is 1. The number of amidine groups is 1. The van der Waals surface area contributed by atoms with Crippen LogP contribution in [0.5, 0.6) is 11.5 Å². The second-order valence-electron chi connectivity index (χ2n) is 3.53. The number of nitrogens with two attached hydrogens (primary N) is 1. The molecular formula is C12H12N2O3S. The molecule has 94 valence electrons. The highest BCUT2D eigenvalue weighted by atomic mass is 32.2. The van der Waals surface area contributed by atoms with Gasteiger partial charge >= 0.3 is 5.24 Å². The van der Waals surface area contributed by atoms with E-state index in [9.17, 15) is 9.90 Å². The third-order valence-corrected chi connectivity index (χ3v) is 3.06. The zero-order chi connectivity index (χ0) is 13.1. The number of phenols is 1. The smallest absolute Gasteiger partial charge is 0.311 e. The SMILES string of the molecule is CCOc1cc(/C=C2/SC(=O)N=C2N)ccc1O. The van der Waals surface area contributed by atoms with E-state index in [-0.39, 0.29) is 16.8 Å². The first-order chi connectivity index (χ1) is 8.60.